The number of nitrogens with zero attached hydrogens (tertiary/aromatic N) is 6. The molecule has 2 aromatic heterocycles. The highest BCUT2D eigenvalue weighted by Gasteiger charge is 2.10. The van der Waals surface area contributed by atoms with Gasteiger partial charge in [0, 0.05) is 12.4 Å². The van der Waals surface area contributed by atoms with Gasteiger partial charge >= 0.3 is 5.97 Å². The number of aryl methyl sites for hydroxylation is 1. The Morgan fingerprint density at radius 1 is 1.38 bits per heavy atom. The molecule has 0 aliphatic rings. The molecule has 0 saturated carbocycles. The second kappa shape index (κ2) is 4.43. The maximum Gasteiger partial charge on any atom is 0.305 e. The van der Waals surface area contributed by atoms with Crippen molar-refractivity contribution in [2.45, 2.75) is 13.0 Å². The fourth-order valence-electron chi connectivity index (χ4n) is 1.18. The van der Waals surface area contributed by atoms with Crippen LogP contribution in [0.1, 0.15) is 6.42 Å². The number of carbonyl (C=O) groups is 1. The van der Waals surface area contributed by atoms with Crippen molar-refractivity contribution in [3.05, 3.63) is 18.7 Å². The third-order valence-corrected chi connectivity index (χ3v) is 1.89. The van der Waals surface area contributed by atoms with Gasteiger partial charge in [-0.25, -0.2) is 14.6 Å². The monoisotopic (exact) mass is 220 g/mol. The summed E-state index contributed by atoms with van der Waals surface area (Å²) in [5, 5.41) is 19.6. The Morgan fingerprint density at radius 2 is 2.12 bits per heavy atom. The molecule has 0 unspecified atom stereocenters. The molecule has 2 heterocycles. The van der Waals surface area contributed by atoms with Gasteiger partial charge in [0.1, 0.15) is 6.33 Å². The van der Waals surface area contributed by atoms with Crippen molar-refractivity contribution in [1.82, 2.24) is 30.2 Å². The largest absolute Gasteiger partial charge is 0.481 e. The van der Waals surface area contributed by atoms with E-state index in [4.69, 9.17) is 5.11 Å². The van der Waals surface area contributed by atoms with Crippen LogP contribution < -0.4 is 0 Å². The zero-order chi connectivity index (χ0) is 11.4. The molecule has 8 nitrogen and oxygen atoms in total. The lowest BCUT2D eigenvalue weighted by Gasteiger charge is -2.01. The Morgan fingerprint density at radius 3 is 2.81 bits per heavy atom. The zero-order valence-corrected chi connectivity index (χ0v) is 8.19. The molecule has 16 heavy (non-hydrogen) atoms. The molecule has 0 spiro atoms. The summed E-state index contributed by atoms with van der Waals surface area (Å²) in [4.78, 5) is 18.1. The normalized spacial score (nSPS) is 10.2. The maximum absolute atomic E-state index is 10.4. The Kier molecular flexibility index (Phi) is 2.81. The van der Waals surface area contributed by atoms with Gasteiger partial charge in [0.25, 0.3) is 0 Å². The third-order valence-electron chi connectivity index (χ3n) is 1.89. The van der Waals surface area contributed by atoms with Gasteiger partial charge in [-0.2, -0.15) is 0 Å². The van der Waals surface area contributed by atoms with E-state index in [-0.39, 0.29) is 13.0 Å². The average Bonchev–Trinajstić information content (AvgIpc) is 2.75. The fourth-order valence-corrected chi connectivity index (χ4v) is 1.18. The predicted octanol–water partition coefficient (Wildman–Crippen LogP) is -0.395. The summed E-state index contributed by atoms with van der Waals surface area (Å²) in [5.41, 5.74) is 0.651. The topological polar surface area (TPSA) is 107 Å². The summed E-state index contributed by atoms with van der Waals surface area (Å²) in [6, 6.07) is 0. The molecule has 0 aliphatic carbocycles. The van der Waals surface area contributed by atoms with E-state index >= 15 is 0 Å². The molecule has 82 valence electrons. The smallest absolute Gasteiger partial charge is 0.305 e. The first-order valence-corrected chi connectivity index (χ1v) is 4.50. The summed E-state index contributed by atoms with van der Waals surface area (Å²) in [7, 11) is 0. The predicted molar refractivity (Wildman–Crippen MR) is 51.1 cm³/mol. The van der Waals surface area contributed by atoms with Crippen molar-refractivity contribution >= 4 is 5.97 Å². The number of rotatable bonds is 4. The van der Waals surface area contributed by atoms with E-state index in [9.17, 15) is 4.79 Å². The first kappa shape index (κ1) is 10.1. The summed E-state index contributed by atoms with van der Waals surface area (Å²) in [5.74, 6) is -0.437. The van der Waals surface area contributed by atoms with Crippen LogP contribution >= 0.6 is 0 Å². The summed E-state index contributed by atoms with van der Waals surface area (Å²) >= 11 is 0. The van der Waals surface area contributed by atoms with E-state index in [1.54, 1.807) is 12.4 Å². The van der Waals surface area contributed by atoms with E-state index in [1.165, 1.54) is 11.0 Å². The van der Waals surface area contributed by atoms with Crippen molar-refractivity contribution in [2.24, 2.45) is 0 Å². The first-order valence-electron chi connectivity index (χ1n) is 4.50. The molecule has 0 fully saturated rings. The van der Waals surface area contributed by atoms with Crippen LogP contribution in [0.2, 0.25) is 0 Å². The number of hydrogen-bond acceptors (Lipinski definition) is 6. The molecule has 2 rings (SSSR count). The number of hydrogen-bond donors (Lipinski definition) is 1. The van der Waals surface area contributed by atoms with Crippen LogP contribution in [0.3, 0.4) is 0 Å². The molecular formula is C8H8N6O2. The van der Waals surface area contributed by atoms with Crippen LogP contribution in [0.4, 0.5) is 0 Å². The van der Waals surface area contributed by atoms with E-state index in [1.807, 2.05) is 0 Å². The van der Waals surface area contributed by atoms with Crippen molar-refractivity contribution in [3.63, 3.8) is 0 Å². The Labute approximate surface area is 90.0 Å². The lowest BCUT2D eigenvalue weighted by atomic mass is 10.3. The average molecular weight is 220 g/mol. The highest BCUT2D eigenvalue weighted by atomic mass is 16.4. The standard InChI is InChI=1S/C8H8N6O2/c15-7(16)1-2-14-8(11-12-13-14)6-3-9-5-10-4-6/h3-5H,1-2H2,(H,15,16). The molecule has 8 heteroatoms. The molecule has 0 aliphatic heterocycles. The SMILES string of the molecule is O=C(O)CCn1nnnc1-c1cncnc1. The fraction of sp³-hybridized carbons (Fsp3) is 0.250. The summed E-state index contributed by atoms with van der Waals surface area (Å²) < 4.78 is 1.41. The zero-order valence-electron chi connectivity index (χ0n) is 8.19. The van der Waals surface area contributed by atoms with Crippen LogP contribution in [0.15, 0.2) is 18.7 Å². The van der Waals surface area contributed by atoms with Crippen molar-refractivity contribution in [1.29, 1.82) is 0 Å². The van der Waals surface area contributed by atoms with Gasteiger partial charge in [-0.05, 0) is 10.4 Å². The Balaban J connectivity index is 2.23. The Hall–Kier alpha value is -2.38. The highest BCUT2D eigenvalue weighted by molar-refractivity contribution is 5.66. The molecule has 0 saturated heterocycles. The van der Waals surface area contributed by atoms with Crippen LogP contribution in [0, 0.1) is 0 Å². The number of carboxylic acids is 1. The van der Waals surface area contributed by atoms with Gasteiger partial charge < -0.3 is 5.11 Å². The highest BCUT2D eigenvalue weighted by Crippen LogP contribution is 2.12. The number of tetrazole rings is 1. The van der Waals surface area contributed by atoms with Crippen molar-refractivity contribution < 1.29 is 9.90 Å². The van der Waals surface area contributed by atoms with Gasteiger partial charge in [0.15, 0.2) is 5.82 Å². The van der Waals surface area contributed by atoms with E-state index in [2.05, 4.69) is 25.5 Å². The van der Waals surface area contributed by atoms with Crippen LogP contribution in [0.5, 0.6) is 0 Å². The quantitative estimate of drug-likeness (QED) is 0.747. The molecule has 0 radical (unpaired) electrons. The summed E-state index contributed by atoms with van der Waals surface area (Å²) in [6.07, 6.45) is 4.49. The Bertz CT molecular complexity index is 482. The lowest BCUT2D eigenvalue weighted by molar-refractivity contribution is -0.137. The van der Waals surface area contributed by atoms with E-state index < -0.39 is 5.97 Å². The number of carboxylic acid groups (broad SMARTS) is 1. The van der Waals surface area contributed by atoms with Crippen molar-refractivity contribution in [3.8, 4) is 11.4 Å². The van der Waals surface area contributed by atoms with Crippen LogP contribution in [0.25, 0.3) is 11.4 Å². The van der Waals surface area contributed by atoms with Gasteiger partial charge in [-0.15, -0.1) is 5.10 Å². The molecule has 1 N–H and O–H groups in total. The number of aromatic nitrogens is 6. The molecule has 0 bridgehead atoms. The molecule has 0 amide bonds. The minimum absolute atomic E-state index is 0.0360. The van der Waals surface area contributed by atoms with E-state index in [0.29, 0.717) is 11.4 Å². The van der Waals surface area contributed by atoms with E-state index in [0.717, 1.165) is 0 Å². The molecule has 0 aromatic carbocycles. The lowest BCUT2D eigenvalue weighted by Crippen LogP contribution is -2.07. The number of aliphatic carboxylic acids is 1. The van der Waals surface area contributed by atoms with Gasteiger partial charge in [0.2, 0.25) is 0 Å². The van der Waals surface area contributed by atoms with Crippen LogP contribution in [-0.2, 0) is 11.3 Å². The maximum atomic E-state index is 10.4. The van der Waals surface area contributed by atoms with Gasteiger partial charge in [0.05, 0.1) is 18.5 Å². The second-order valence-electron chi connectivity index (χ2n) is 3.00. The van der Waals surface area contributed by atoms with Crippen LogP contribution in [-0.4, -0.2) is 41.3 Å². The molecule has 0 atom stereocenters. The third kappa shape index (κ3) is 2.16. The minimum atomic E-state index is -0.897. The van der Waals surface area contributed by atoms with Gasteiger partial charge in [-0.3, -0.25) is 4.79 Å². The summed E-state index contributed by atoms with van der Waals surface area (Å²) in [6.45, 7) is 0.215. The first-order chi connectivity index (χ1) is 7.77. The molecule has 2 aromatic rings. The van der Waals surface area contributed by atoms with Gasteiger partial charge in [-0.1, -0.05) is 0 Å². The second-order valence-corrected chi connectivity index (χ2v) is 3.00. The molecular weight excluding hydrogens is 212 g/mol. The van der Waals surface area contributed by atoms with Crippen molar-refractivity contribution in [2.75, 3.05) is 0 Å². The minimum Gasteiger partial charge on any atom is -0.481 e.